The number of carbonyl (C=O) groups excluding carboxylic acids is 2. The van der Waals surface area contributed by atoms with Crippen LogP contribution in [0.4, 0.5) is 18.9 Å². The van der Waals surface area contributed by atoms with Crippen molar-refractivity contribution in [2.75, 3.05) is 5.32 Å². The van der Waals surface area contributed by atoms with Crippen LogP contribution in [-0.4, -0.2) is 24.1 Å². The van der Waals surface area contributed by atoms with Gasteiger partial charge < -0.3 is 15.4 Å². The van der Waals surface area contributed by atoms with Crippen molar-refractivity contribution in [1.82, 2.24) is 5.32 Å². The Labute approximate surface area is 158 Å². The molecule has 2 aromatic rings. The highest BCUT2D eigenvalue weighted by Gasteiger charge is 2.38. The van der Waals surface area contributed by atoms with Crippen molar-refractivity contribution in [2.45, 2.75) is 25.7 Å². The van der Waals surface area contributed by atoms with Crippen molar-refractivity contribution in [2.24, 2.45) is 0 Å². The largest absolute Gasteiger partial charge is 0.481 e. The first-order valence-electron chi connectivity index (χ1n) is 7.82. The molecule has 27 heavy (non-hydrogen) atoms. The van der Waals surface area contributed by atoms with Crippen molar-refractivity contribution in [3.8, 4) is 5.75 Å². The molecule has 1 atom stereocenters. The summed E-state index contributed by atoms with van der Waals surface area (Å²) in [6, 6.07) is 12.2. The predicted octanol–water partition coefficient (Wildman–Crippen LogP) is 3.92. The van der Waals surface area contributed by atoms with Gasteiger partial charge in [0.05, 0.1) is 0 Å². The number of hydrogen-bond donors (Lipinski definition) is 2. The molecule has 9 heteroatoms. The van der Waals surface area contributed by atoms with E-state index in [-0.39, 0.29) is 18.1 Å². The molecule has 0 radical (unpaired) electrons. The number of alkyl halides is 3. The summed E-state index contributed by atoms with van der Waals surface area (Å²) >= 11 is 5.78. The third kappa shape index (κ3) is 6.49. The lowest BCUT2D eigenvalue weighted by molar-refractivity contribution is -0.167. The van der Waals surface area contributed by atoms with Crippen LogP contribution >= 0.6 is 11.6 Å². The number of carbonyl (C=O) groups is 2. The van der Waals surface area contributed by atoms with Gasteiger partial charge in [0.2, 0.25) is 0 Å². The van der Waals surface area contributed by atoms with Crippen LogP contribution in [0.25, 0.3) is 0 Å². The average molecular weight is 401 g/mol. The molecule has 0 aliphatic carbocycles. The van der Waals surface area contributed by atoms with E-state index in [9.17, 15) is 22.8 Å². The van der Waals surface area contributed by atoms with Gasteiger partial charge >= 0.3 is 12.1 Å². The quantitative estimate of drug-likeness (QED) is 0.772. The van der Waals surface area contributed by atoms with Crippen molar-refractivity contribution in [3.05, 3.63) is 59.1 Å². The summed E-state index contributed by atoms with van der Waals surface area (Å²) in [6.07, 6.45) is -5.70. The summed E-state index contributed by atoms with van der Waals surface area (Å²) in [6.45, 7) is 1.74. The fourth-order valence-electron chi connectivity index (χ4n) is 2.01. The fourth-order valence-corrected chi connectivity index (χ4v) is 2.14. The molecule has 2 aromatic carbocycles. The van der Waals surface area contributed by atoms with E-state index in [1.54, 1.807) is 36.5 Å². The molecule has 144 valence electrons. The molecule has 0 aromatic heterocycles. The van der Waals surface area contributed by atoms with E-state index in [2.05, 4.69) is 5.32 Å². The number of amides is 2. The molecule has 0 bridgehead atoms. The molecule has 0 fully saturated rings. The number of anilines is 1. The average Bonchev–Trinajstić information content (AvgIpc) is 2.62. The van der Waals surface area contributed by atoms with Crippen LogP contribution in [-0.2, 0) is 16.1 Å². The zero-order chi connectivity index (χ0) is 20.0. The Hall–Kier alpha value is -2.74. The highest BCUT2D eigenvalue weighted by Crippen LogP contribution is 2.19. The normalized spacial score (nSPS) is 12.2. The SMILES string of the molecule is CC(Oc1ccc(Cl)cc1)C(=O)NCc1ccc(NC(=O)C(F)(F)F)cc1. The van der Waals surface area contributed by atoms with Crippen LogP contribution in [0.5, 0.6) is 5.75 Å². The van der Waals surface area contributed by atoms with E-state index >= 15 is 0 Å². The van der Waals surface area contributed by atoms with Gasteiger partial charge in [-0.25, -0.2) is 0 Å². The smallest absolute Gasteiger partial charge is 0.471 e. The Kier molecular flexibility index (Phi) is 6.68. The molecule has 0 saturated heterocycles. The number of ether oxygens (including phenoxy) is 1. The van der Waals surface area contributed by atoms with E-state index in [1.807, 2.05) is 0 Å². The molecule has 5 nitrogen and oxygen atoms in total. The molecule has 1 unspecified atom stereocenters. The van der Waals surface area contributed by atoms with Crippen LogP contribution in [0.15, 0.2) is 48.5 Å². The second-order valence-electron chi connectivity index (χ2n) is 5.58. The first-order chi connectivity index (χ1) is 12.6. The van der Waals surface area contributed by atoms with E-state index < -0.39 is 18.2 Å². The van der Waals surface area contributed by atoms with Gasteiger partial charge in [-0.15, -0.1) is 0 Å². The van der Waals surface area contributed by atoms with E-state index in [0.29, 0.717) is 16.3 Å². The van der Waals surface area contributed by atoms with Crippen LogP contribution in [0.1, 0.15) is 12.5 Å². The number of rotatable bonds is 6. The molecule has 0 aliphatic heterocycles. The summed E-state index contributed by atoms with van der Waals surface area (Å²) < 4.78 is 42.1. The van der Waals surface area contributed by atoms with Crippen molar-refractivity contribution >= 4 is 29.1 Å². The lowest BCUT2D eigenvalue weighted by Gasteiger charge is -2.15. The monoisotopic (exact) mass is 400 g/mol. The number of nitrogens with one attached hydrogen (secondary N) is 2. The van der Waals surface area contributed by atoms with Crippen LogP contribution in [0.3, 0.4) is 0 Å². The predicted molar refractivity (Wildman–Crippen MR) is 94.5 cm³/mol. The third-order valence-corrected chi connectivity index (χ3v) is 3.68. The molecule has 2 amide bonds. The zero-order valence-corrected chi connectivity index (χ0v) is 14.9. The highest BCUT2D eigenvalue weighted by atomic mass is 35.5. The summed E-state index contributed by atoms with van der Waals surface area (Å²) in [7, 11) is 0. The second kappa shape index (κ2) is 8.77. The Morgan fingerprint density at radius 1 is 1.07 bits per heavy atom. The minimum atomic E-state index is -4.95. The van der Waals surface area contributed by atoms with Gasteiger partial charge in [-0.2, -0.15) is 13.2 Å². The summed E-state index contributed by atoms with van der Waals surface area (Å²) in [5, 5.41) is 4.95. The Morgan fingerprint density at radius 3 is 2.22 bits per heavy atom. The Bertz CT molecular complexity index is 793. The highest BCUT2D eigenvalue weighted by molar-refractivity contribution is 6.30. The Morgan fingerprint density at radius 2 is 1.67 bits per heavy atom. The number of benzene rings is 2. The van der Waals surface area contributed by atoms with Crippen molar-refractivity contribution in [1.29, 1.82) is 0 Å². The number of hydrogen-bond acceptors (Lipinski definition) is 3. The van der Waals surface area contributed by atoms with E-state index in [0.717, 1.165) is 0 Å². The molecule has 0 saturated carbocycles. The van der Waals surface area contributed by atoms with Gasteiger partial charge in [0.1, 0.15) is 5.75 Å². The lowest BCUT2D eigenvalue weighted by atomic mass is 10.2. The van der Waals surface area contributed by atoms with Gasteiger partial charge in [-0.05, 0) is 48.9 Å². The van der Waals surface area contributed by atoms with Crippen LogP contribution in [0, 0.1) is 0 Å². The summed E-state index contributed by atoms with van der Waals surface area (Å²) in [5.41, 5.74) is 0.652. The first kappa shape index (κ1) is 20.6. The second-order valence-corrected chi connectivity index (χ2v) is 6.02. The lowest BCUT2D eigenvalue weighted by Crippen LogP contribution is -2.35. The first-order valence-corrected chi connectivity index (χ1v) is 8.20. The minimum absolute atomic E-state index is 0.00633. The summed E-state index contributed by atoms with van der Waals surface area (Å²) in [5.74, 6) is -1.91. The molecule has 0 spiro atoms. The minimum Gasteiger partial charge on any atom is -0.481 e. The molecular weight excluding hydrogens is 385 g/mol. The van der Waals surface area contributed by atoms with E-state index in [1.165, 1.54) is 24.3 Å². The zero-order valence-electron chi connectivity index (χ0n) is 14.1. The van der Waals surface area contributed by atoms with Gasteiger partial charge in [-0.1, -0.05) is 23.7 Å². The maximum Gasteiger partial charge on any atom is 0.471 e. The molecule has 0 heterocycles. The Balaban J connectivity index is 1.84. The summed E-state index contributed by atoms with van der Waals surface area (Å²) in [4.78, 5) is 22.9. The maximum atomic E-state index is 12.2. The maximum absolute atomic E-state index is 12.2. The fraction of sp³-hybridized carbons (Fsp3) is 0.222. The molecule has 0 aliphatic rings. The number of halogens is 4. The van der Waals surface area contributed by atoms with Crippen molar-refractivity contribution < 1.29 is 27.5 Å². The van der Waals surface area contributed by atoms with Crippen LogP contribution in [0.2, 0.25) is 5.02 Å². The van der Waals surface area contributed by atoms with Gasteiger partial charge in [0.25, 0.3) is 5.91 Å². The standard InChI is InChI=1S/C18H16ClF3N2O3/c1-11(27-15-8-4-13(19)5-9-15)16(25)23-10-12-2-6-14(7-3-12)24-17(26)18(20,21)22/h2-9,11H,10H2,1H3,(H,23,25)(H,24,26). The molecular formula is C18H16ClF3N2O3. The van der Waals surface area contributed by atoms with Gasteiger partial charge in [0.15, 0.2) is 6.10 Å². The van der Waals surface area contributed by atoms with Crippen molar-refractivity contribution in [3.63, 3.8) is 0 Å². The third-order valence-electron chi connectivity index (χ3n) is 3.43. The molecule has 2 N–H and O–H groups in total. The van der Waals surface area contributed by atoms with E-state index in [4.69, 9.17) is 16.3 Å². The van der Waals surface area contributed by atoms with Gasteiger partial charge in [-0.3, -0.25) is 9.59 Å². The van der Waals surface area contributed by atoms with Gasteiger partial charge in [0, 0.05) is 17.3 Å². The molecule has 2 rings (SSSR count). The van der Waals surface area contributed by atoms with Crippen LogP contribution < -0.4 is 15.4 Å². The topological polar surface area (TPSA) is 67.4 Å².